The average Bonchev–Trinajstić information content (AvgIpc) is 2.74. The molecule has 100 valence electrons. The molecule has 0 bridgehead atoms. The number of hydrogen-bond donors (Lipinski definition) is 2. The van der Waals surface area contributed by atoms with Crippen LogP contribution >= 0.6 is 0 Å². The summed E-state index contributed by atoms with van der Waals surface area (Å²) >= 11 is 0. The molecule has 2 rings (SSSR count). The summed E-state index contributed by atoms with van der Waals surface area (Å²) in [6.07, 6.45) is 0.963. The van der Waals surface area contributed by atoms with Crippen LogP contribution in [0, 0.1) is 6.92 Å². The molecule has 0 aliphatic heterocycles. The molecule has 2 heterocycles. The molecular formula is C10H9N3O5S. The third-order valence-electron chi connectivity index (χ3n) is 2.13. The molecule has 0 saturated heterocycles. The number of aryl methyl sites for hydroxylation is 1. The summed E-state index contributed by atoms with van der Waals surface area (Å²) in [5, 5.41) is 11.9. The van der Waals surface area contributed by atoms with Gasteiger partial charge in [-0.2, -0.15) is 8.42 Å². The molecule has 0 fully saturated rings. The third-order valence-corrected chi connectivity index (χ3v) is 3.40. The number of carbonyl (C=O) groups is 1. The fourth-order valence-corrected chi connectivity index (χ4v) is 2.18. The van der Waals surface area contributed by atoms with Crippen LogP contribution in [0.25, 0.3) is 0 Å². The van der Waals surface area contributed by atoms with Crippen molar-refractivity contribution in [3.8, 4) is 0 Å². The maximum atomic E-state index is 11.9. The summed E-state index contributed by atoms with van der Waals surface area (Å²) in [5.74, 6) is -0.704. The van der Waals surface area contributed by atoms with Crippen LogP contribution in [0.4, 0.5) is 5.82 Å². The number of nitrogens with one attached hydrogen (secondary N) is 1. The lowest BCUT2D eigenvalue weighted by atomic mass is 10.3. The SMILES string of the molecule is Cc1cc(NS(=O)(=O)c2ccc(C(=O)O)cn2)no1. The second-order valence-corrected chi connectivity index (χ2v) is 5.25. The van der Waals surface area contributed by atoms with Crippen molar-refractivity contribution in [3.05, 3.63) is 35.7 Å². The predicted octanol–water partition coefficient (Wildman–Crippen LogP) is 0.877. The first-order chi connectivity index (χ1) is 8.88. The van der Waals surface area contributed by atoms with Crippen molar-refractivity contribution in [1.82, 2.24) is 10.1 Å². The van der Waals surface area contributed by atoms with E-state index >= 15 is 0 Å². The van der Waals surface area contributed by atoms with Crippen molar-refractivity contribution >= 4 is 21.8 Å². The van der Waals surface area contributed by atoms with Gasteiger partial charge in [0.05, 0.1) is 5.56 Å². The third kappa shape index (κ3) is 2.88. The Bertz CT molecular complexity index is 705. The number of carboxylic acid groups (broad SMARTS) is 1. The normalized spacial score (nSPS) is 11.2. The van der Waals surface area contributed by atoms with Crippen LogP contribution in [0.15, 0.2) is 33.9 Å². The zero-order chi connectivity index (χ0) is 14.0. The first-order valence-electron chi connectivity index (χ1n) is 5.04. The molecule has 0 unspecified atom stereocenters. The second kappa shape index (κ2) is 4.69. The van der Waals surface area contributed by atoms with Crippen LogP contribution in [0.2, 0.25) is 0 Å². The standard InChI is InChI=1S/C10H9N3O5S/c1-6-4-8(12-18-6)13-19(16,17)9-3-2-7(5-11-9)10(14)15/h2-5H,1H3,(H,12,13)(H,14,15). The Hall–Kier alpha value is -2.42. The van der Waals surface area contributed by atoms with Crippen molar-refractivity contribution in [2.45, 2.75) is 11.9 Å². The molecule has 0 atom stereocenters. The van der Waals surface area contributed by atoms with Gasteiger partial charge >= 0.3 is 5.97 Å². The van der Waals surface area contributed by atoms with E-state index in [1.54, 1.807) is 6.92 Å². The van der Waals surface area contributed by atoms with Crippen LogP contribution in [0.5, 0.6) is 0 Å². The van der Waals surface area contributed by atoms with E-state index in [4.69, 9.17) is 9.63 Å². The maximum Gasteiger partial charge on any atom is 0.337 e. The number of rotatable bonds is 4. The first-order valence-corrected chi connectivity index (χ1v) is 6.52. The number of aromatic nitrogens is 2. The van der Waals surface area contributed by atoms with Gasteiger partial charge in [-0.15, -0.1) is 0 Å². The Morgan fingerprint density at radius 3 is 2.63 bits per heavy atom. The number of carboxylic acids is 1. The van der Waals surface area contributed by atoms with E-state index in [0.717, 1.165) is 18.3 Å². The maximum absolute atomic E-state index is 11.9. The number of aromatic carboxylic acids is 1. The number of pyridine rings is 1. The quantitative estimate of drug-likeness (QED) is 0.853. The summed E-state index contributed by atoms with van der Waals surface area (Å²) in [6.45, 7) is 1.62. The van der Waals surface area contributed by atoms with Gasteiger partial charge < -0.3 is 9.63 Å². The van der Waals surface area contributed by atoms with Gasteiger partial charge in [-0.1, -0.05) is 5.16 Å². The minimum atomic E-state index is -3.92. The Morgan fingerprint density at radius 2 is 2.16 bits per heavy atom. The van der Waals surface area contributed by atoms with E-state index < -0.39 is 16.0 Å². The smallest absolute Gasteiger partial charge is 0.337 e. The molecule has 2 N–H and O–H groups in total. The Kier molecular flexibility index (Phi) is 3.21. The van der Waals surface area contributed by atoms with Gasteiger partial charge in [-0.05, 0) is 19.1 Å². The molecule has 19 heavy (non-hydrogen) atoms. The number of nitrogens with zero attached hydrogens (tertiary/aromatic N) is 2. The minimum absolute atomic E-state index is 0.0293. The monoisotopic (exact) mass is 283 g/mol. The van der Waals surface area contributed by atoms with E-state index in [1.807, 2.05) is 0 Å². The number of hydrogen-bond acceptors (Lipinski definition) is 6. The van der Waals surface area contributed by atoms with E-state index in [0.29, 0.717) is 5.76 Å². The van der Waals surface area contributed by atoms with Crippen LogP contribution in [0.3, 0.4) is 0 Å². The fraction of sp³-hybridized carbons (Fsp3) is 0.100. The largest absolute Gasteiger partial charge is 0.478 e. The molecule has 0 aromatic carbocycles. The summed E-state index contributed by atoms with van der Waals surface area (Å²) in [4.78, 5) is 14.2. The summed E-state index contributed by atoms with van der Waals surface area (Å²) < 4.78 is 30.7. The van der Waals surface area contributed by atoms with Crippen LogP contribution < -0.4 is 4.72 Å². The zero-order valence-corrected chi connectivity index (χ0v) is 10.5. The molecule has 2 aromatic rings. The lowest BCUT2D eigenvalue weighted by Gasteiger charge is -2.03. The molecular weight excluding hydrogens is 274 g/mol. The molecule has 2 aromatic heterocycles. The second-order valence-electron chi connectivity index (χ2n) is 3.62. The summed E-state index contributed by atoms with van der Waals surface area (Å²) in [7, 11) is -3.92. The predicted molar refractivity (Wildman–Crippen MR) is 63.2 cm³/mol. The molecule has 0 radical (unpaired) electrons. The van der Waals surface area contributed by atoms with Gasteiger partial charge in [0.15, 0.2) is 10.8 Å². The van der Waals surface area contributed by atoms with Gasteiger partial charge in [0.2, 0.25) is 0 Å². The van der Waals surface area contributed by atoms with Gasteiger partial charge in [-0.3, -0.25) is 4.72 Å². The van der Waals surface area contributed by atoms with Crippen LogP contribution in [-0.4, -0.2) is 29.6 Å². The van der Waals surface area contributed by atoms with Gasteiger partial charge in [0.1, 0.15) is 5.76 Å². The van der Waals surface area contributed by atoms with E-state index in [2.05, 4.69) is 14.9 Å². The summed E-state index contributed by atoms with van der Waals surface area (Å²) in [6, 6.07) is 3.65. The molecule has 0 saturated carbocycles. The Labute approximate surface area is 108 Å². The van der Waals surface area contributed by atoms with Crippen molar-refractivity contribution in [1.29, 1.82) is 0 Å². The summed E-state index contributed by atoms with van der Waals surface area (Å²) in [5.41, 5.74) is -0.101. The van der Waals surface area contributed by atoms with E-state index in [-0.39, 0.29) is 16.4 Å². The van der Waals surface area contributed by atoms with Crippen LogP contribution in [-0.2, 0) is 10.0 Å². The Balaban J connectivity index is 2.26. The van der Waals surface area contributed by atoms with Gasteiger partial charge in [0.25, 0.3) is 10.0 Å². The highest BCUT2D eigenvalue weighted by Crippen LogP contribution is 2.14. The van der Waals surface area contributed by atoms with Crippen molar-refractivity contribution < 1.29 is 22.8 Å². The molecule has 8 nitrogen and oxygen atoms in total. The average molecular weight is 283 g/mol. The zero-order valence-electron chi connectivity index (χ0n) is 9.69. The number of sulfonamides is 1. The highest BCUT2D eigenvalue weighted by Gasteiger charge is 2.18. The molecule has 9 heteroatoms. The first kappa shape index (κ1) is 13.0. The van der Waals surface area contributed by atoms with Gasteiger partial charge in [0, 0.05) is 12.3 Å². The van der Waals surface area contributed by atoms with E-state index in [9.17, 15) is 13.2 Å². The fourth-order valence-electron chi connectivity index (χ4n) is 1.27. The molecule has 0 aliphatic carbocycles. The molecule has 0 aliphatic rings. The van der Waals surface area contributed by atoms with Crippen molar-refractivity contribution in [2.75, 3.05) is 4.72 Å². The highest BCUT2D eigenvalue weighted by atomic mass is 32.2. The van der Waals surface area contributed by atoms with Crippen molar-refractivity contribution in [2.24, 2.45) is 0 Å². The Morgan fingerprint density at radius 1 is 1.42 bits per heavy atom. The van der Waals surface area contributed by atoms with Gasteiger partial charge in [-0.25, -0.2) is 9.78 Å². The minimum Gasteiger partial charge on any atom is -0.478 e. The van der Waals surface area contributed by atoms with Crippen LogP contribution in [0.1, 0.15) is 16.1 Å². The molecule has 0 spiro atoms. The van der Waals surface area contributed by atoms with Crippen molar-refractivity contribution in [3.63, 3.8) is 0 Å². The topological polar surface area (TPSA) is 122 Å². The van der Waals surface area contributed by atoms with E-state index in [1.165, 1.54) is 6.07 Å². The lowest BCUT2D eigenvalue weighted by Crippen LogP contribution is -2.15. The lowest BCUT2D eigenvalue weighted by molar-refractivity contribution is 0.0696. The highest BCUT2D eigenvalue weighted by molar-refractivity contribution is 7.92. The molecule has 0 amide bonds. The number of anilines is 1.